The number of alkyl halides is 3. The lowest BCUT2D eigenvalue weighted by molar-refractivity contribution is -0.137. The summed E-state index contributed by atoms with van der Waals surface area (Å²) in [6, 6.07) is 18.5. The van der Waals surface area contributed by atoms with Gasteiger partial charge in [-0.1, -0.05) is 36.4 Å². The zero-order valence-electron chi connectivity index (χ0n) is 18.5. The Bertz CT molecular complexity index is 1340. The van der Waals surface area contributed by atoms with Crippen molar-refractivity contribution in [3.63, 3.8) is 0 Å². The number of amides is 1. The molecule has 1 amide bonds. The van der Waals surface area contributed by atoms with Crippen LogP contribution in [0.2, 0.25) is 0 Å². The number of aryl methyl sites for hydroxylation is 1. The lowest BCUT2D eigenvalue weighted by Gasteiger charge is -2.36. The normalized spacial score (nSPS) is 14.6. The first-order valence-electron chi connectivity index (χ1n) is 10.9. The van der Waals surface area contributed by atoms with Gasteiger partial charge in [0.25, 0.3) is 5.91 Å². The van der Waals surface area contributed by atoms with E-state index >= 15 is 0 Å². The van der Waals surface area contributed by atoms with Crippen LogP contribution in [0.15, 0.2) is 66.7 Å². The van der Waals surface area contributed by atoms with Gasteiger partial charge in [0.2, 0.25) is 0 Å². The zero-order valence-corrected chi connectivity index (χ0v) is 18.5. The number of hydrogen-bond donors (Lipinski definition) is 0. The van der Waals surface area contributed by atoms with Gasteiger partial charge in [0, 0.05) is 49.2 Å². The van der Waals surface area contributed by atoms with Crippen molar-refractivity contribution in [1.82, 2.24) is 19.5 Å². The molecule has 0 radical (unpaired) electrons. The van der Waals surface area contributed by atoms with Gasteiger partial charge >= 0.3 is 6.18 Å². The second-order valence-corrected chi connectivity index (χ2v) is 8.28. The average molecular weight is 465 g/mol. The molecule has 4 aromatic rings. The van der Waals surface area contributed by atoms with E-state index in [1.54, 1.807) is 21.5 Å². The molecule has 0 N–H and O–H groups in total. The summed E-state index contributed by atoms with van der Waals surface area (Å²) < 4.78 is 40.8. The molecule has 5 rings (SSSR count). The van der Waals surface area contributed by atoms with Gasteiger partial charge in [-0.25, -0.2) is 9.50 Å². The maximum atomic E-state index is 13.4. The molecule has 1 saturated heterocycles. The Morgan fingerprint density at radius 3 is 2.35 bits per heavy atom. The standard InChI is InChI=1S/C25H22F3N5O/c1-17-14-22(33-23(29-17)16-21(30-33)18-6-3-2-4-7-18)24(34)32-12-10-31(11-13-32)20-9-5-8-19(15-20)25(26,27)28/h2-9,14-16H,10-13H2,1H3. The molecule has 1 aliphatic rings. The molecule has 0 spiro atoms. The van der Waals surface area contributed by atoms with Crippen molar-refractivity contribution in [3.05, 3.63) is 83.7 Å². The number of nitrogens with zero attached hydrogens (tertiary/aromatic N) is 5. The molecule has 0 atom stereocenters. The van der Waals surface area contributed by atoms with Crippen molar-refractivity contribution in [1.29, 1.82) is 0 Å². The van der Waals surface area contributed by atoms with Crippen LogP contribution in [0.4, 0.5) is 18.9 Å². The molecule has 34 heavy (non-hydrogen) atoms. The minimum Gasteiger partial charge on any atom is -0.368 e. The third-order valence-corrected chi connectivity index (χ3v) is 5.95. The minimum atomic E-state index is -4.39. The fraction of sp³-hybridized carbons (Fsp3) is 0.240. The first kappa shape index (κ1) is 21.9. The summed E-state index contributed by atoms with van der Waals surface area (Å²) in [4.78, 5) is 21.5. The predicted octanol–water partition coefficient (Wildman–Crippen LogP) is 4.69. The maximum absolute atomic E-state index is 13.4. The number of rotatable bonds is 3. The van der Waals surface area contributed by atoms with E-state index in [0.717, 1.165) is 23.4 Å². The van der Waals surface area contributed by atoms with E-state index < -0.39 is 11.7 Å². The summed E-state index contributed by atoms with van der Waals surface area (Å²) in [6.45, 7) is 3.50. The Labute approximate surface area is 194 Å². The molecule has 0 bridgehead atoms. The third-order valence-electron chi connectivity index (χ3n) is 5.95. The average Bonchev–Trinajstić information content (AvgIpc) is 3.27. The molecule has 0 saturated carbocycles. The van der Waals surface area contributed by atoms with Crippen LogP contribution in [-0.4, -0.2) is 51.6 Å². The number of fused-ring (bicyclic) bond motifs is 1. The Hall–Kier alpha value is -3.88. The van der Waals surface area contributed by atoms with E-state index in [9.17, 15) is 18.0 Å². The summed E-state index contributed by atoms with van der Waals surface area (Å²) in [5, 5.41) is 4.62. The van der Waals surface area contributed by atoms with Crippen LogP contribution in [0.3, 0.4) is 0 Å². The van der Waals surface area contributed by atoms with Crippen LogP contribution in [0.1, 0.15) is 21.7 Å². The summed E-state index contributed by atoms with van der Waals surface area (Å²) in [6.07, 6.45) is -4.39. The van der Waals surface area contributed by atoms with E-state index in [-0.39, 0.29) is 5.91 Å². The van der Waals surface area contributed by atoms with Gasteiger partial charge in [-0.15, -0.1) is 0 Å². The number of hydrogen-bond acceptors (Lipinski definition) is 4. The van der Waals surface area contributed by atoms with Crippen LogP contribution < -0.4 is 4.90 Å². The van der Waals surface area contributed by atoms with E-state index in [0.29, 0.717) is 48.9 Å². The van der Waals surface area contributed by atoms with E-state index in [1.165, 1.54) is 6.07 Å². The number of carbonyl (C=O) groups excluding carboxylic acids is 1. The summed E-state index contributed by atoms with van der Waals surface area (Å²) in [5.74, 6) is -0.179. The quantitative estimate of drug-likeness (QED) is 0.441. The molecule has 2 aromatic heterocycles. The second-order valence-electron chi connectivity index (χ2n) is 8.28. The molecule has 174 valence electrons. The van der Waals surface area contributed by atoms with E-state index in [2.05, 4.69) is 10.1 Å². The van der Waals surface area contributed by atoms with Crippen LogP contribution >= 0.6 is 0 Å². The molecular formula is C25H22F3N5O. The minimum absolute atomic E-state index is 0.179. The Morgan fingerprint density at radius 2 is 1.65 bits per heavy atom. The van der Waals surface area contributed by atoms with Crippen molar-refractivity contribution < 1.29 is 18.0 Å². The van der Waals surface area contributed by atoms with Crippen LogP contribution in [0, 0.1) is 6.92 Å². The fourth-order valence-corrected chi connectivity index (χ4v) is 4.21. The summed E-state index contributed by atoms with van der Waals surface area (Å²) in [7, 11) is 0. The maximum Gasteiger partial charge on any atom is 0.416 e. The molecule has 1 aliphatic heterocycles. The Morgan fingerprint density at radius 1 is 0.912 bits per heavy atom. The third kappa shape index (κ3) is 4.21. The van der Waals surface area contributed by atoms with Crippen molar-refractivity contribution in [2.75, 3.05) is 31.1 Å². The molecule has 6 nitrogen and oxygen atoms in total. The van der Waals surface area contributed by atoms with E-state index in [4.69, 9.17) is 0 Å². The Balaban J connectivity index is 1.37. The number of anilines is 1. The highest BCUT2D eigenvalue weighted by Gasteiger charge is 2.31. The second kappa shape index (κ2) is 8.48. The molecule has 3 heterocycles. The summed E-state index contributed by atoms with van der Waals surface area (Å²) in [5.41, 5.74) is 3.19. The van der Waals surface area contributed by atoms with Crippen molar-refractivity contribution in [2.24, 2.45) is 0 Å². The van der Waals surface area contributed by atoms with Gasteiger partial charge < -0.3 is 9.80 Å². The monoisotopic (exact) mass is 465 g/mol. The first-order chi connectivity index (χ1) is 16.3. The Kier molecular flexibility index (Phi) is 5.47. The number of benzene rings is 2. The smallest absolute Gasteiger partial charge is 0.368 e. The highest BCUT2D eigenvalue weighted by Crippen LogP contribution is 2.32. The molecule has 0 unspecified atom stereocenters. The van der Waals surface area contributed by atoms with Gasteiger partial charge in [-0.2, -0.15) is 18.3 Å². The van der Waals surface area contributed by atoms with Gasteiger partial charge in [-0.05, 0) is 31.2 Å². The summed E-state index contributed by atoms with van der Waals surface area (Å²) >= 11 is 0. The number of halogens is 3. The van der Waals surface area contributed by atoms with Gasteiger partial charge in [0.05, 0.1) is 11.3 Å². The first-order valence-corrected chi connectivity index (χ1v) is 10.9. The topological polar surface area (TPSA) is 53.7 Å². The van der Waals surface area contributed by atoms with Crippen LogP contribution in [0.5, 0.6) is 0 Å². The molecule has 2 aromatic carbocycles. The van der Waals surface area contributed by atoms with Gasteiger partial charge in [0.15, 0.2) is 5.65 Å². The predicted molar refractivity (Wildman–Crippen MR) is 123 cm³/mol. The highest BCUT2D eigenvalue weighted by molar-refractivity contribution is 5.93. The van der Waals surface area contributed by atoms with E-state index in [1.807, 2.05) is 48.2 Å². The van der Waals surface area contributed by atoms with Crippen molar-refractivity contribution >= 4 is 17.2 Å². The van der Waals surface area contributed by atoms with Crippen molar-refractivity contribution in [2.45, 2.75) is 13.1 Å². The van der Waals surface area contributed by atoms with Gasteiger partial charge in [-0.3, -0.25) is 4.79 Å². The lowest BCUT2D eigenvalue weighted by atomic mass is 10.1. The number of aromatic nitrogens is 3. The van der Waals surface area contributed by atoms with Crippen LogP contribution in [0.25, 0.3) is 16.9 Å². The van der Waals surface area contributed by atoms with Crippen molar-refractivity contribution in [3.8, 4) is 11.3 Å². The molecule has 1 fully saturated rings. The van der Waals surface area contributed by atoms with Gasteiger partial charge in [0.1, 0.15) is 5.69 Å². The number of carbonyl (C=O) groups is 1. The zero-order chi connectivity index (χ0) is 23.9. The SMILES string of the molecule is Cc1cc(C(=O)N2CCN(c3cccc(C(F)(F)F)c3)CC2)n2nc(-c3ccccc3)cc2n1. The molecular weight excluding hydrogens is 443 g/mol. The van der Waals surface area contributed by atoms with Crippen LogP contribution in [-0.2, 0) is 6.18 Å². The lowest BCUT2D eigenvalue weighted by Crippen LogP contribution is -2.49. The largest absolute Gasteiger partial charge is 0.416 e. The highest BCUT2D eigenvalue weighted by atomic mass is 19.4. The number of piperazine rings is 1. The molecule has 9 heteroatoms. The fourth-order valence-electron chi connectivity index (χ4n) is 4.21. The molecule has 0 aliphatic carbocycles.